The molecular weight excluding hydrogens is 270 g/mol. The predicted octanol–water partition coefficient (Wildman–Crippen LogP) is 4.21. The molecule has 0 unspecified atom stereocenters. The monoisotopic (exact) mass is 285 g/mol. The number of para-hydroxylation sites is 1. The Labute approximate surface area is 124 Å². The molecule has 1 heterocycles. The molecule has 20 heavy (non-hydrogen) atoms. The van der Waals surface area contributed by atoms with Crippen LogP contribution in [0.5, 0.6) is 5.75 Å². The smallest absolute Gasteiger partial charge is 0.128 e. The van der Waals surface area contributed by atoms with Gasteiger partial charge in [0, 0.05) is 22.8 Å². The zero-order valence-electron chi connectivity index (χ0n) is 11.3. The summed E-state index contributed by atoms with van der Waals surface area (Å²) in [5, 5.41) is 4.24. The highest BCUT2D eigenvalue weighted by Crippen LogP contribution is 2.35. The van der Waals surface area contributed by atoms with Crippen LogP contribution >= 0.6 is 11.6 Å². The van der Waals surface area contributed by atoms with Crippen LogP contribution in [-0.4, -0.2) is 13.7 Å². The summed E-state index contributed by atoms with van der Waals surface area (Å²) in [6, 6.07) is 16.1. The number of ether oxygens (including phenoxy) is 1. The second kappa shape index (κ2) is 5.59. The van der Waals surface area contributed by atoms with Crippen LogP contribution < -0.4 is 10.1 Å². The first-order valence-corrected chi connectivity index (χ1v) is 7.04. The Morgan fingerprint density at radius 1 is 1.05 bits per heavy atom. The molecule has 3 heteroatoms. The van der Waals surface area contributed by atoms with Crippen LogP contribution in [0.15, 0.2) is 48.5 Å². The molecule has 0 saturated heterocycles. The molecule has 1 aliphatic rings. The van der Waals surface area contributed by atoms with Gasteiger partial charge in [0.1, 0.15) is 5.75 Å². The summed E-state index contributed by atoms with van der Waals surface area (Å²) < 4.78 is 5.47. The average molecular weight is 286 g/mol. The number of hydrogen-bond acceptors (Lipinski definition) is 2. The van der Waals surface area contributed by atoms with E-state index in [1.54, 1.807) is 7.11 Å². The molecule has 3 rings (SSSR count). The summed E-state index contributed by atoms with van der Waals surface area (Å²) in [5.74, 6) is 0.892. The van der Waals surface area contributed by atoms with Crippen molar-refractivity contribution in [3.8, 4) is 5.75 Å². The van der Waals surface area contributed by atoms with Crippen LogP contribution in [0, 0.1) is 0 Å². The average Bonchev–Trinajstić information content (AvgIpc) is 2.97. The molecule has 102 valence electrons. The van der Waals surface area contributed by atoms with E-state index in [9.17, 15) is 0 Å². The fourth-order valence-electron chi connectivity index (χ4n) is 2.59. The van der Waals surface area contributed by atoms with Crippen molar-refractivity contribution < 1.29 is 4.74 Å². The van der Waals surface area contributed by atoms with Gasteiger partial charge in [-0.1, -0.05) is 35.9 Å². The van der Waals surface area contributed by atoms with Crippen molar-refractivity contribution in [3.63, 3.8) is 0 Å². The van der Waals surface area contributed by atoms with Gasteiger partial charge in [-0.3, -0.25) is 0 Å². The van der Waals surface area contributed by atoms with E-state index in [0.29, 0.717) is 0 Å². The van der Waals surface area contributed by atoms with Gasteiger partial charge in [-0.2, -0.15) is 0 Å². The van der Waals surface area contributed by atoms with Crippen molar-refractivity contribution in [3.05, 3.63) is 64.7 Å². The van der Waals surface area contributed by atoms with E-state index in [-0.39, 0.29) is 0 Å². The van der Waals surface area contributed by atoms with Gasteiger partial charge in [0.15, 0.2) is 0 Å². The van der Waals surface area contributed by atoms with E-state index < -0.39 is 0 Å². The minimum absolute atomic E-state index is 0.763. The highest BCUT2D eigenvalue weighted by Gasteiger charge is 2.19. The summed E-state index contributed by atoms with van der Waals surface area (Å²) >= 11 is 5.97. The molecule has 2 nitrogen and oxygen atoms in total. The quantitative estimate of drug-likeness (QED) is 0.912. The van der Waals surface area contributed by atoms with Gasteiger partial charge in [-0.05, 0) is 41.8 Å². The Balaban J connectivity index is 2.10. The SMILES string of the molecule is COc1ccccc1C1=C(c2ccc(Cl)cc2)CCN1. The largest absolute Gasteiger partial charge is 0.496 e. The molecule has 0 amide bonds. The molecule has 0 atom stereocenters. The molecule has 1 aliphatic heterocycles. The number of methoxy groups -OCH3 is 1. The second-order valence-corrected chi connectivity index (χ2v) is 5.17. The number of hydrogen-bond donors (Lipinski definition) is 1. The lowest BCUT2D eigenvalue weighted by molar-refractivity contribution is 0.413. The first-order valence-electron chi connectivity index (χ1n) is 6.66. The number of benzene rings is 2. The minimum atomic E-state index is 0.763. The zero-order valence-corrected chi connectivity index (χ0v) is 12.1. The van der Waals surface area contributed by atoms with Gasteiger partial charge in [-0.25, -0.2) is 0 Å². The van der Waals surface area contributed by atoms with Gasteiger partial charge in [0.25, 0.3) is 0 Å². The maximum absolute atomic E-state index is 5.97. The summed E-state index contributed by atoms with van der Waals surface area (Å²) in [5.41, 5.74) is 4.79. The van der Waals surface area contributed by atoms with Crippen molar-refractivity contribution in [2.24, 2.45) is 0 Å². The van der Waals surface area contributed by atoms with Crippen molar-refractivity contribution in [1.82, 2.24) is 5.32 Å². The molecule has 0 aliphatic carbocycles. The lowest BCUT2D eigenvalue weighted by Gasteiger charge is -2.12. The van der Waals surface area contributed by atoms with E-state index in [0.717, 1.165) is 35.0 Å². The first-order chi connectivity index (χ1) is 9.79. The molecule has 1 N–H and O–H groups in total. The van der Waals surface area contributed by atoms with Crippen molar-refractivity contribution in [1.29, 1.82) is 0 Å². The topological polar surface area (TPSA) is 21.3 Å². The molecule has 0 spiro atoms. The molecule has 0 fully saturated rings. The summed E-state index contributed by atoms with van der Waals surface area (Å²) in [4.78, 5) is 0. The fourth-order valence-corrected chi connectivity index (χ4v) is 2.72. The normalized spacial score (nSPS) is 14.3. The lowest BCUT2D eigenvalue weighted by atomic mass is 9.99. The highest BCUT2D eigenvalue weighted by molar-refractivity contribution is 6.30. The van der Waals surface area contributed by atoms with Gasteiger partial charge < -0.3 is 10.1 Å². The van der Waals surface area contributed by atoms with Crippen LogP contribution in [0.1, 0.15) is 17.5 Å². The molecule has 2 aromatic rings. The maximum atomic E-state index is 5.97. The third-order valence-electron chi connectivity index (χ3n) is 3.55. The highest BCUT2D eigenvalue weighted by atomic mass is 35.5. The number of halogens is 1. The molecule has 0 radical (unpaired) electrons. The van der Waals surface area contributed by atoms with Crippen LogP contribution in [0.4, 0.5) is 0 Å². The van der Waals surface area contributed by atoms with E-state index in [1.807, 2.05) is 30.3 Å². The lowest BCUT2D eigenvalue weighted by Crippen LogP contribution is -2.07. The first kappa shape index (κ1) is 13.1. The van der Waals surface area contributed by atoms with E-state index in [2.05, 4.69) is 23.5 Å². The predicted molar refractivity (Wildman–Crippen MR) is 83.9 cm³/mol. The van der Waals surface area contributed by atoms with E-state index >= 15 is 0 Å². The van der Waals surface area contributed by atoms with Crippen LogP contribution in [0.2, 0.25) is 5.02 Å². The number of nitrogens with one attached hydrogen (secondary N) is 1. The van der Waals surface area contributed by atoms with Gasteiger partial charge in [0.2, 0.25) is 0 Å². The molecular formula is C17H16ClNO. The summed E-state index contributed by atoms with van der Waals surface area (Å²) in [6.07, 6.45) is 1.01. The van der Waals surface area contributed by atoms with E-state index in [1.165, 1.54) is 11.1 Å². The fraction of sp³-hybridized carbons (Fsp3) is 0.176. The third kappa shape index (κ3) is 2.39. The maximum Gasteiger partial charge on any atom is 0.128 e. The van der Waals surface area contributed by atoms with Crippen LogP contribution in [0.3, 0.4) is 0 Å². The van der Waals surface area contributed by atoms with Crippen molar-refractivity contribution >= 4 is 22.9 Å². The van der Waals surface area contributed by atoms with Gasteiger partial charge >= 0.3 is 0 Å². The minimum Gasteiger partial charge on any atom is -0.496 e. The molecule has 2 aromatic carbocycles. The second-order valence-electron chi connectivity index (χ2n) is 4.74. The van der Waals surface area contributed by atoms with Gasteiger partial charge in [-0.15, -0.1) is 0 Å². The Bertz CT molecular complexity index is 646. The molecule has 0 saturated carbocycles. The van der Waals surface area contributed by atoms with E-state index in [4.69, 9.17) is 16.3 Å². The Morgan fingerprint density at radius 2 is 1.80 bits per heavy atom. The molecule has 0 aromatic heterocycles. The van der Waals surface area contributed by atoms with Gasteiger partial charge in [0.05, 0.1) is 7.11 Å². The zero-order chi connectivity index (χ0) is 13.9. The van der Waals surface area contributed by atoms with Crippen molar-refractivity contribution in [2.45, 2.75) is 6.42 Å². The molecule has 0 bridgehead atoms. The van der Waals surface area contributed by atoms with Crippen LogP contribution in [0.25, 0.3) is 11.3 Å². The summed E-state index contributed by atoms with van der Waals surface area (Å²) in [7, 11) is 1.70. The Hall–Kier alpha value is -1.93. The summed E-state index contributed by atoms with van der Waals surface area (Å²) in [6.45, 7) is 0.950. The third-order valence-corrected chi connectivity index (χ3v) is 3.80. The Morgan fingerprint density at radius 3 is 2.55 bits per heavy atom. The standard InChI is InChI=1S/C17H16ClNO/c1-20-16-5-3-2-4-15(16)17-14(10-11-19-17)12-6-8-13(18)9-7-12/h2-9,19H,10-11H2,1H3. The number of rotatable bonds is 3. The Kier molecular flexibility index (Phi) is 3.66. The van der Waals surface area contributed by atoms with Crippen LogP contribution in [-0.2, 0) is 0 Å². The van der Waals surface area contributed by atoms with Crippen molar-refractivity contribution in [2.75, 3.05) is 13.7 Å².